The normalized spacial score (nSPS) is 13.4. The molecule has 8 rings (SSSR count). The average molecular weight is 1090 g/mol. The number of amides is 5. The zero-order valence-electron chi connectivity index (χ0n) is 46.0. The van der Waals surface area contributed by atoms with E-state index >= 15 is 0 Å². The number of carbonyl (C=O) groups excluding carboxylic acids is 7. The maximum absolute atomic E-state index is 14.7. The highest BCUT2D eigenvalue weighted by molar-refractivity contribution is 5.98. The lowest BCUT2D eigenvalue weighted by Crippen LogP contribution is -2.58. The second-order valence-electron chi connectivity index (χ2n) is 21.7. The van der Waals surface area contributed by atoms with Crippen molar-refractivity contribution in [2.24, 2.45) is 0 Å². The third-order valence-electron chi connectivity index (χ3n) is 13.4. The van der Waals surface area contributed by atoms with Gasteiger partial charge in [-0.15, -0.1) is 24.7 Å². The van der Waals surface area contributed by atoms with Crippen LogP contribution in [0.15, 0.2) is 140 Å². The molecule has 0 aliphatic heterocycles. The van der Waals surface area contributed by atoms with Crippen LogP contribution >= 0.6 is 0 Å². The van der Waals surface area contributed by atoms with E-state index in [0.717, 1.165) is 27.8 Å². The molecule has 2 heterocycles. The zero-order chi connectivity index (χ0) is 58.0. The molecule has 4 unspecified atom stereocenters. The molecule has 0 bridgehead atoms. The van der Waals surface area contributed by atoms with E-state index in [9.17, 15) is 33.6 Å². The maximum Gasteiger partial charge on any atom is 0.419 e. The third kappa shape index (κ3) is 14.2. The number of terminal acetylenes is 2. The molecule has 7 aromatic rings. The largest absolute Gasteiger partial charge is 0.449 e. The number of fused-ring (bicyclic) bond motifs is 5. The summed E-state index contributed by atoms with van der Waals surface area (Å²) in [5.74, 6) is 1.36. The highest BCUT2D eigenvalue weighted by atomic mass is 16.6. The van der Waals surface area contributed by atoms with E-state index in [1.54, 1.807) is 96.3 Å². The minimum absolute atomic E-state index is 0.0716. The van der Waals surface area contributed by atoms with Gasteiger partial charge in [-0.1, -0.05) is 115 Å². The highest BCUT2D eigenvalue weighted by Crippen LogP contribution is 2.44. The van der Waals surface area contributed by atoms with Crippen LogP contribution in [0.5, 0.6) is 0 Å². The molecule has 17 nitrogen and oxygen atoms in total. The molecule has 17 heteroatoms. The van der Waals surface area contributed by atoms with Crippen LogP contribution in [0.1, 0.15) is 88.1 Å². The minimum Gasteiger partial charge on any atom is -0.449 e. The lowest BCUT2D eigenvalue weighted by atomic mass is 9.98. The summed E-state index contributed by atoms with van der Waals surface area (Å²) in [4.78, 5) is 98.7. The summed E-state index contributed by atoms with van der Waals surface area (Å²) < 4.78 is 19.9. The fraction of sp³-hybridized carbons (Fsp3) is 0.297. The van der Waals surface area contributed by atoms with Crippen molar-refractivity contribution in [3.05, 3.63) is 168 Å². The van der Waals surface area contributed by atoms with Crippen molar-refractivity contribution < 1.29 is 47.8 Å². The molecule has 1 aliphatic carbocycles. The van der Waals surface area contributed by atoms with Gasteiger partial charge in [0.1, 0.15) is 42.0 Å². The Bertz CT molecular complexity index is 3550. The van der Waals surface area contributed by atoms with Crippen LogP contribution in [0.2, 0.25) is 0 Å². The Kier molecular flexibility index (Phi) is 17.8. The van der Waals surface area contributed by atoms with Crippen molar-refractivity contribution in [2.75, 3.05) is 6.61 Å². The van der Waals surface area contributed by atoms with Gasteiger partial charge in [0.2, 0.25) is 23.6 Å². The van der Waals surface area contributed by atoms with E-state index in [1.807, 2.05) is 78.9 Å². The number of alkyl carbamates (subject to hydrolysis) is 1. The number of hydrogen-bond donors (Lipinski definition) is 5. The Labute approximate surface area is 470 Å². The van der Waals surface area contributed by atoms with Gasteiger partial charge in [-0.25, -0.2) is 14.4 Å². The molecule has 5 amide bonds. The van der Waals surface area contributed by atoms with Crippen LogP contribution in [-0.2, 0) is 52.8 Å². The number of hydrogen-bond acceptors (Lipinski definition) is 10. The molecule has 416 valence electrons. The molecule has 4 atom stereocenters. The first-order valence-electron chi connectivity index (χ1n) is 26.6. The van der Waals surface area contributed by atoms with Crippen molar-refractivity contribution in [1.29, 1.82) is 0 Å². The second-order valence-corrected chi connectivity index (χ2v) is 21.7. The van der Waals surface area contributed by atoms with Gasteiger partial charge in [-0.05, 0) is 92.6 Å². The van der Waals surface area contributed by atoms with Gasteiger partial charge in [0.15, 0.2) is 0 Å². The van der Waals surface area contributed by atoms with Crippen molar-refractivity contribution >= 4 is 63.7 Å². The fourth-order valence-corrected chi connectivity index (χ4v) is 9.77. The number of para-hydroxylation sites is 2. The fourth-order valence-electron chi connectivity index (χ4n) is 9.77. The predicted octanol–water partition coefficient (Wildman–Crippen LogP) is 8.67. The monoisotopic (exact) mass is 1090 g/mol. The first kappa shape index (κ1) is 57.6. The number of ether oxygens (including phenoxy) is 3. The molecule has 0 saturated heterocycles. The third-order valence-corrected chi connectivity index (χ3v) is 13.4. The summed E-state index contributed by atoms with van der Waals surface area (Å²) in [7, 11) is 0. The summed E-state index contributed by atoms with van der Waals surface area (Å²) in [6.07, 6.45) is 11.4. The number of nitrogens with zero attached hydrogens (tertiary/aromatic N) is 2. The van der Waals surface area contributed by atoms with Crippen molar-refractivity contribution in [2.45, 2.75) is 115 Å². The van der Waals surface area contributed by atoms with Crippen LogP contribution in [-0.4, -0.2) is 93.0 Å². The molecule has 0 fully saturated rings. The summed E-state index contributed by atoms with van der Waals surface area (Å²) >= 11 is 0. The zero-order valence-corrected chi connectivity index (χ0v) is 46.0. The van der Waals surface area contributed by atoms with Crippen LogP contribution in [0.25, 0.3) is 32.9 Å². The minimum atomic E-state index is -1.49. The van der Waals surface area contributed by atoms with Gasteiger partial charge in [-0.3, -0.25) is 28.3 Å². The molecule has 1 aliphatic rings. The van der Waals surface area contributed by atoms with Crippen molar-refractivity contribution in [3.63, 3.8) is 0 Å². The van der Waals surface area contributed by atoms with Crippen molar-refractivity contribution in [1.82, 2.24) is 35.7 Å². The number of benzene rings is 5. The van der Waals surface area contributed by atoms with E-state index in [-0.39, 0.29) is 44.8 Å². The average Bonchev–Trinajstić information content (AvgIpc) is 4.25. The summed E-state index contributed by atoms with van der Waals surface area (Å²) in [6.45, 7) is 10.5. The lowest BCUT2D eigenvalue weighted by molar-refractivity contribution is -0.133. The Morgan fingerprint density at radius 2 is 0.926 bits per heavy atom. The quantitative estimate of drug-likeness (QED) is 0.0407. The second kappa shape index (κ2) is 25.0. The van der Waals surface area contributed by atoms with Gasteiger partial charge in [-0.2, -0.15) is 0 Å². The van der Waals surface area contributed by atoms with Crippen LogP contribution in [0.4, 0.5) is 14.4 Å². The highest BCUT2D eigenvalue weighted by Gasteiger charge is 2.35. The molecular formula is C64H65N7O10. The SMILES string of the molecule is C#CCC(NC(=O)C(Cc1cn(C(=O)OC(C)(C)C)c2ccccc12)NC(=O)OCC1c2ccccc2-c2ccccc21)C(=O)NC(CC#C)C(=O)NC(Cc1cn(C(=O)OC(C)(C)C)c2ccccc12)C(=O)NCc1ccccc1. The Balaban J connectivity index is 1.04. The van der Waals surface area contributed by atoms with Crippen LogP contribution in [0, 0.1) is 24.7 Å². The van der Waals surface area contributed by atoms with E-state index in [2.05, 4.69) is 38.4 Å². The van der Waals surface area contributed by atoms with E-state index in [0.29, 0.717) is 32.9 Å². The molecule has 0 saturated carbocycles. The number of carbonyl (C=O) groups is 7. The van der Waals surface area contributed by atoms with Gasteiger partial charge in [0.05, 0.1) is 11.0 Å². The topological polar surface area (TPSA) is 217 Å². The molecule has 81 heavy (non-hydrogen) atoms. The molecule has 0 spiro atoms. The van der Waals surface area contributed by atoms with E-state index in [4.69, 9.17) is 27.1 Å². The van der Waals surface area contributed by atoms with Gasteiger partial charge in [0.25, 0.3) is 0 Å². The van der Waals surface area contributed by atoms with Gasteiger partial charge >= 0.3 is 18.3 Å². The Hall–Kier alpha value is -9.61. The summed E-state index contributed by atoms with van der Waals surface area (Å²) in [5.41, 5.74) is 5.12. The first-order chi connectivity index (χ1) is 38.7. The molecule has 5 aromatic carbocycles. The number of aromatic nitrogens is 2. The number of nitrogens with one attached hydrogen (secondary N) is 5. The Morgan fingerprint density at radius 3 is 1.40 bits per heavy atom. The molecule has 5 N–H and O–H groups in total. The Morgan fingerprint density at radius 1 is 0.519 bits per heavy atom. The first-order valence-corrected chi connectivity index (χ1v) is 26.6. The summed E-state index contributed by atoms with van der Waals surface area (Å²) in [6, 6.07) is 33.2. The lowest BCUT2D eigenvalue weighted by Gasteiger charge is -2.25. The maximum atomic E-state index is 14.7. The molecule has 0 radical (unpaired) electrons. The van der Waals surface area contributed by atoms with Gasteiger partial charge in [0, 0.05) is 61.3 Å². The van der Waals surface area contributed by atoms with E-state index < -0.39 is 77.3 Å². The molecule has 2 aromatic heterocycles. The van der Waals surface area contributed by atoms with Crippen molar-refractivity contribution in [3.8, 4) is 35.8 Å². The molecular weight excluding hydrogens is 1030 g/mol. The smallest absolute Gasteiger partial charge is 0.419 e. The van der Waals surface area contributed by atoms with Crippen LogP contribution in [0.3, 0.4) is 0 Å². The number of rotatable bonds is 18. The van der Waals surface area contributed by atoms with E-state index in [1.165, 1.54) is 15.3 Å². The summed E-state index contributed by atoms with van der Waals surface area (Å²) in [5, 5.41) is 14.9. The standard InChI is InChI=1S/C64H65N7O10/c1-9-22-50(57(73)66-51(23-10-2)58(74)68-52(56(72)65-36-40-24-12-11-13-25-40)34-41-37-70(61(77)80-63(3,4)5)54-32-20-18-26-43(41)54)67-59(75)53(35-42-38-71(62(78)81-64(6,7)8)55-33-21-19-27-44(42)55)69-60(76)79-39-49-47-30-16-14-28-45(47)46-29-15-17-31-48(46)49/h1-2,11-21,24-33,37-38,49-53H,22-23,34-36,39H2,3-8H3,(H,65,72)(H,66,73)(H,67,75)(H,68,74)(H,69,76). The van der Waals surface area contributed by atoms with Crippen LogP contribution < -0.4 is 26.6 Å². The van der Waals surface area contributed by atoms with Gasteiger partial charge < -0.3 is 40.8 Å². The predicted molar refractivity (Wildman–Crippen MR) is 308 cm³/mol.